The number of hydrogen-bond acceptors (Lipinski definition) is 3. The number of thiophene rings is 1. The quantitative estimate of drug-likeness (QED) is 0.902. The SMILES string of the molecule is O=C(N[C@@]1(C(=O)O)CC2CCC1C2)c1ccc(Cl)s1. The fraction of sp³-hybridized carbons (Fsp3) is 0.538. The summed E-state index contributed by atoms with van der Waals surface area (Å²) in [5.41, 5.74) is -1.07. The van der Waals surface area contributed by atoms with Crippen molar-refractivity contribution < 1.29 is 14.7 Å². The highest BCUT2D eigenvalue weighted by atomic mass is 35.5. The first-order valence-electron chi connectivity index (χ1n) is 6.32. The zero-order valence-electron chi connectivity index (χ0n) is 10.2. The number of carboxylic acids is 1. The minimum atomic E-state index is -1.07. The van der Waals surface area contributed by atoms with E-state index in [1.165, 1.54) is 11.3 Å². The number of carbonyl (C=O) groups is 2. The summed E-state index contributed by atoms with van der Waals surface area (Å²) in [5, 5.41) is 12.3. The summed E-state index contributed by atoms with van der Waals surface area (Å²) >= 11 is 6.97. The topological polar surface area (TPSA) is 66.4 Å². The molecule has 0 radical (unpaired) electrons. The van der Waals surface area contributed by atoms with E-state index in [0.29, 0.717) is 21.6 Å². The lowest BCUT2D eigenvalue weighted by Crippen LogP contribution is -2.57. The summed E-state index contributed by atoms with van der Waals surface area (Å²) in [6, 6.07) is 3.28. The lowest BCUT2D eigenvalue weighted by atomic mass is 9.81. The first-order chi connectivity index (χ1) is 9.01. The molecule has 0 aromatic carbocycles. The van der Waals surface area contributed by atoms with Crippen molar-refractivity contribution in [1.29, 1.82) is 0 Å². The second-order valence-electron chi connectivity index (χ2n) is 5.41. The van der Waals surface area contributed by atoms with E-state index in [1.54, 1.807) is 12.1 Å². The van der Waals surface area contributed by atoms with Gasteiger partial charge >= 0.3 is 5.97 Å². The maximum Gasteiger partial charge on any atom is 0.329 e. The molecular weight excluding hydrogens is 286 g/mol. The summed E-state index contributed by atoms with van der Waals surface area (Å²) in [6.07, 6.45) is 3.44. The van der Waals surface area contributed by atoms with Gasteiger partial charge in [0.15, 0.2) is 0 Å². The highest BCUT2D eigenvalue weighted by Gasteiger charge is 2.56. The van der Waals surface area contributed by atoms with Gasteiger partial charge in [0.1, 0.15) is 5.54 Å². The molecule has 2 N–H and O–H groups in total. The monoisotopic (exact) mass is 299 g/mol. The van der Waals surface area contributed by atoms with Gasteiger partial charge in [-0.15, -0.1) is 11.3 Å². The van der Waals surface area contributed by atoms with Crippen LogP contribution in [0.5, 0.6) is 0 Å². The maximum atomic E-state index is 12.2. The average Bonchev–Trinajstić information content (AvgIpc) is 3.03. The molecule has 1 aromatic heterocycles. The summed E-state index contributed by atoms with van der Waals surface area (Å²) in [5.74, 6) is -0.731. The Hall–Kier alpha value is -1.07. The van der Waals surface area contributed by atoms with Crippen LogP contribution in [0.2, 0.25) is 4.34 Å². The molecular formula is C13H14ClNO3S. The molecule has 19 heavy (non-hydrogen) atoms. The number of fused-ring (bicyclic) bond motifs is 2. The van der Waals surface area contributed by atoms with Crippen molar-refractivity contribution in [1.82, 2.24) is 5.32 Å². The molecule has 2 aliphatic carbocycles. The van der Waals surface area contributed by atoms with Gasteiger partial charge < -0.3 is 10.4 Å². The van der Waals surface area contributed by atoms with Crippen LogP contribution in [0.15, 0.2) is 12.1 Å². The Labute approximate surface area is 119 Å². The Balaban J connectivity index is 1.83. The Bertz CT molecular complexity index is 544. The Morgan fingerprint density at radius 3 is 2.68 bits per heavy atom. The van der Waals surface area contributed by atoms with Gasteiger partial charge in [-0.2, -0.15) is 0 Å². The van der Waals surface area contributed by atoms with Gasteiger partial charge in [0.05, 0.1) is 9.21 Å². The van der Waals surface area contributed by atoms with E-state index in [-0.39, 0.29) is 11.8 Å². The molecule has 3 atom stereocenters. The van der Waals surface area contributed by atoms with E-state index in [0.717, 1.165) is 19.3 Å². The van der Waals surface area contributed by atoms with Crippen molar-refractivity contribution in [2.24, 2.45) is 11.8 Å². The number of hydrogen-bond donors (Lipinski definition) is 2. The largest absolute Gasteiger partial charge is 0.479 e. The average molecular weight is 300 g/mol. The number of aliphatic carboxylic acids is 1. The third kappa shape index (κ3) is 2.05. The van der Waals surface area contributed by atoms with E-state index >= 15 is 0 Å². The van der Waals surface area contributed by atoms with Crippen molar-refractivity contribution >= 4 is 34.8 Å². The van der Waals surface area contributed by atoms with Crippen molar-refractivity contribution in [2.45, 2.75) is 31.2 Å². The van der Waals surface area contributed by atoms with Gasteiger partial charge in [0, 0.05) is 0 Å². The number of rotatable bonds is 3. The van der Waals surface area contributed by atoms with E-state index in [4.69, 9.17) is 11.6 Å². The smallest absolute Gasteiger partial charge is 0.329 e. The minimum Gasteiger partial charge on any atom is -0.479 e. The molecule has 1 aromatic rings. The van der Waals surface area contributed by atoms with Crippen LogP contribution in [0.4, 0.5) is 0 Å². The van der Waals surface area contributed by atoms with Crippen LogP contribution in [0.3, 0.4) is 0 Å². The number of amides is 1. The van der Waals surface area contributed by atoms with Crippen LogP contribution in [-0.2, 0) is 4.79 Å². The lowest BCUT2D eigenvalue weighted by molar-refractivity contribution is -0.146. The van der Waals surface area contributed by atoms with Crippen LogP contribution in [0.25, 0.3) is 0 Å². The summed E-state index contributed by atoms with van der Waals surface area (Å²) in [7, 11) is 0. The molecule has 102 valence electrons. The van der Waals surface area contributed by atoms with Crippen LogP contribution in [0, 0.1) is 11.8 Å². The maximum absolute atomic E-state index is 12.2. The van der Waals surface area contributed by atoms with Crippen LogP contribution < -0.4 is 5.32 Å². The molecule has 4 nitrogen and oxygen atoms in total. The molecule has 6 heteroatoms. The Kier molecular flexibility index (Phi) is 3.06. The predicted molar refractivity (Wildman–Crippen MR) is 72.6 cm³/mol. The Morgan fingerprint density at radius 2 is 2.21 bits per heavy atom. The van der Waals surface area contributed by atoms with Crippen molar-refractivity contribution in [3.8, 4) is 0 Å². The van der Waals surface area contributed by atoms with Crippen LogP contribution in [-0.4, -0.2) is 22.5 Å². The van der Waals surface area contributed by atoms with E-state index < -0.39 is 11.5 Å². The third-order valence-electron chi connectivity index (χ3n) is 4.36. The molecule has 0 saturated heterocycles. The van der Waals surface area contributed by atoms with Gasteiger partial charge in [-0.25, -0.2) is 4.79 Å². The highest BCUT2D eigenvalue weighted by molar-refractivity contribution is 7.18. The minimum absolute atomic E-state index is 0.0642. The summed E-state index contributed by atoms with van der Waals surface area (Å²) in [4.78, 5) is 24.3. The molecule has 0 aliphatic heterocycles. The number of halogens is 1. The van der Waals surface area contributed by atoms with E-state index in [1.807, 2.05) is 0 Å². The number of nitrogens with one attached hydrogen (secondary N) is 1. The van der Waals surface area contributed by atoms with Gasteiger partial charge in [-0.3, -0.25) is 4.79 Å². The predicted octanol–water partition coefficient (Wildman–Crippen LogP) is 2.77. The van der Waals surface area contributed by atoms with Crippen molar-refractivity contribution in [2.75, 3.05) is 0 Å². The van der Waals surface area contributed by atoms with Gasteiger partial charge in [0.25, 0.3) is 5.91 Å². The van der Waals surface area contributed by atoms with Gasteiger partial charge in [0.2, 0.25) is 0 Å². The van der Waals surface area contributed by atoms with Crippen molar-refractivity contribution in [3.63, 3.8) is 0 Å². The number of carboxylic acid groups (broad SMARTS) is 1. The fourth-order valence-corrected chi connectivity index (χ4v) is 4.44. The van der Waals surface area contributed by atoms with Gasteiger partial charge in [-0.1, -0.05) is 11.6 Å². The zero-order chi connectivity index (χ0) is 13.6. The fourth-order valence-electron chi connectivity index (χ4n) is 3.50. The molecule has 1 heterocycles. The normalized spacial score (nSPS) is 32.5. The highest BCUT2D eigenvalue weighted by Crippen LogP contribution is 2.51. The molecule has 0 spiro atoms. The molecule has 2 unspecified atom stereocenters. The molecule has 1 amide bonds. The van der Waals surface area contributed by atoms with Crippen molar-refractivity contribution in [3.05, 3.63) is 21.3 Å². The standard InChI is InChI=1S/C13H14ClNO3S/c14-10-4-3-9(19-10)11(16)15-13(12(17)18)6-7-1-2-8(13)5-7/h3-4,7-8H,1-2,5-6H2,(H,15,16)(H,17,18)/t7?,8?,13-/m0/s1. The van der Waals surface area contributed by atoms with Crippen LogP contribution >= 0.6 is 22.9 Å². The molecule has 2 fully saturated rings. The molecule has 2 aliphatic rings. The first kappa shape index (κ1) is 12.9. The number of carbonyl (C=O) groups excluding carboxylic acids is 1. The molecule has 3 rings (SSSR count). The second-order valence-corrected chi connectivity index (χ2v) is 7.13. The van der Waals surface area contributed by atoms with Crippen LogP contribution in [0.1, 0.15) is 35.4 Å². The first-order valence-corrected chi connectivity index (χ1v) is 7.52. The molecule has 2 saturated carbocycles. The third-order valence-corrected chi connectivity index (χ3v) is 5.59. The lowest BCUT2D eigenvalue weighted by Gasteiger charge is -2.34. The Morgan fingerprint density at radius 1 is 1.42 bits per heavy atom. The molecule has 2 bridgehead atoms. The summed E-state index contributed by atoms with van der Waals surface area (Å²) in [6.45, 7) is 0. The van der Waals surface area contributed by atoms with E-state index in [2.05, 4.69) is 5.32 Å². The summed E-state index contributed by atoms with van der Waals surface area (Å²) < 4.78 is 0.530. The van der Waals surface area contributed by atoms with E-state index in [9.17, 15) is 14.7 Å². The van der Waals surface area contributed by atoms with Gasteiger partial charge in [-0.05, 0) is 49.7 Å². The second kappa shape index (κ2) is 4.49. The zero-order valence-corrected chi connectivity index (χ0v) is 11.8.